The van der Waals surface area contributed by atoms with Gasteiger partial charge in [-0.3, -0.25) is 9.59 Å². The predicted octanol–water partition coefficient (Wildman–Crippen LogP) is 3.95. The highest BCUT2D eigenvalue weighted by Gasteiger charge is 2.46. The molecule has 0 amide bonds. The van der Waals surface area contributed by atoms with E-state index in [0.29, 0.717) is 19.3 Å². The third-order valence-electron chi connectivity index (χ3n) is 4.33. The van der Waals surface area contributed by atoms with E-state index in [0.717, 1.165) is 24.0 Å². The highest BCUT2D eigenvalue weighted by molar-refractivity contribution is 6.13. The van der Waals surface area contributed by atoms with Crippen molar-refractivity contribution in [2.24, 2.45) is 5.41 Å². The van der Waals surface area contributed by atoms with Crippen LogP contribution in [0.15, 0.2) is 49.1 Å². The largest absolute Gasteiger partial charge is 0.468 e. The Kier molecular flexibility index (Phi) is 5.31. The first-order valence-corrected chi connectivity index (χ1v) is 7.64. The summed E-state index contributed by atoms with van der Waals surface area (Å²) in [4.78, 5) is 24.9. The first-order chi connectivity index (χ1) is 10.6. The Labute approximate surface area is 131 Å². The molecule has 1 aromatic rings. The molecule has 3 heteroatoms. The van der Waals surface area contributed by atoms with Crippen LogP contribution in [0.2, 0.25) is 0 Å². The number of methoxy groups -OCH3 is 1. The lowest BCUT2D eigenvalue weighted by Crippen LogP contribution is -2.41. The number of ketones is 1. The maximum absolute atomic E-state index is 12.7. The fourth-order valence-electron chi connectivity index (χ4n) is 3.02. The number of ether oxygens (including phenoxy) is 1. The summed E-state index contributed by atoms with van der Waals surface area (Å²) in [7, 11) is 1.35. The van der Waals surface area contributed by atoms with E-state index in [4.69, 9.17) is 4.74 Å². The number of unbranched alkanes of at least 4 members (excludes halogenated alkanes) is 1. The van der Waals surface area contributed by atoms with Gasteiger partial charge < -0.3 is 4.74 Å². The number of hydrogen-bond donors (Lipinski definition) is 0. The average molecular weight is 298 g/mol. The summed E-state index contributed by atoms with van der Waals surface area (Å²) < 4.78 is 4.92. The molecular weight excluding hydrogens is 276 g/mol. The van der Waals surface area contributed by atoms with Crippen molar-refractivity contribution in [3.05, 3.63) is 54.6 Å². The molecule has 116 valence electrons. The van der Waals surface area contributed by atoms with Crippen LogP contribution in [0.25, 0.3) is 5.57 Å². The summed E-state index contributed by atoms with van der Waals surface area (Å²) in [6.45, 7) is 3.69. The molecule has 2 rings (SSSR count). The molecular formula is C19H22O3. The molecule has 1 aromatic carbocycles. The number of rotatable bonds is 6. The first-order valence-electron chi connectivity index (χ1n) is 7.64. The van der Waals surface area contributed by atoms with E-state index in [9.17, 15) is 9.59 Å². The summed E-state index contributed by atoms with van der Waals surface area (Å²) in [6.07, 6.45) is 6.73. The number of hydrogen-bond acceptors (Lipinski definition) is 3. The van der Waals surface area contributed by atoms with Gasteiger partial charge in [-0.2, -0.15) is 0 Å². The molecule has 1 unspecified atom stereocenters. The van der Waals surface area contributed by atoms with E-state index in [1.54, 1.807) is 6.08 Å². The van der Waals surface area contributed by atoms with Gasteiger partial charge in [0, 0.05) is 0 Å². The van der Waals surface area contributed by atoms with Crippen LogP contribution in [0.3, 0.4) is 0 Å². The lowest BCUT2D eigenvalue weighted by atomic mass is 9.70. The second-order valence-corrected chi connectivity index (χ2v) is 5.65. The minimum Gasteiger partial charge on any atom is -0.468 e. The zero-order valence-corrected chi connectivity index (χ0v) is 13.0. The summed E-state index contributed by atoms with van der Waals surface area (Å²) in [5.41, 5.74) is 1.02. The topological polar surface area (TPSA) is 43.4 Å². The Morgan fingerprint density at radius 2 is 2.09 bits per heavy atom. The lowest BCUT2D eigenvalue weighted by molar-refractivity contribution is -0.158. The number of carbonyl (C=O) groups excluding carboxylic acids is 2. The molecule has 0 radical (unpaired) electrons. The van der Waals surface area contributed by atoms with Crippen LogP contribution in [-0.4, -0.2) is 18.9 Å². The van der Waals surface area contributed by atoms with E-state index in [-0.39, 0.29) is 5.78 Å². The highest BCUT2D eigenvalue weighted by Crippen LogP contribution is 2.41. The third kappa shape index (κ3) is 3.19. The Bertz CT molecular complexity index is 586. The molecule has 0 spiro atoms. The van der Waals surface area contributed by atoms with Crippen LogP contribution in [0.4, 0.5) is 0 Å². The number of allylic oxidation sites excluding steroid dienone is 3. The standard InChI is InChI=1S/C19H22O3/c1-3-4-8-12-19(18(21)22-2)13-11-16(14-17(19)20)15-9-6-5-7-10-15/h3,5-7,9-10,14H,1,4,8,11-13H2,2H3. The van der Waals surface area contributed by atoms with Crippen LogP contribution in [-0.2, 0) is 14.3 Å². The molecule has 1 atom stereocenters. The Balaban J connectivity index is 2.27. The van der Waals surface area contributed by atoms with Crippen molar-refractivity contribution >= 4 is 17.3 Å². The van der Waals surface area contributed by atoms with Gasteiger partial charge in [0.25, 0.3) is 0 Å². The lowest BCUT2D eigenvalue weighted by Gasteiger charge is -2.32. The fourth-order valence-corrected chi connectivity index (χ4v) is 3.02. The Morgan fingerprint density at radius 3 is 2.68 bits per heavy atom. The molecule has 0 N–H and O–H groups in total. The molecule has 0 heterocycles. The van der Waals surface area contributed by atoms with Crippen LogP contribution in [0.1, 0.15) is 37.7 Å². The Hall–Kier alpha value is -2.16. The van der Waals surface area contributed by atoms with Gasteiger partial charge in [-0.25, -0.2) is 0 Å². The summed E-state index contributed by atoms with van der Waals surface area (Å²) in [5, 5.41) is 0. The van der Waals surface area contributed by atoms with Crippen LogP contribution >= 0.6 is 0 Å². The molecule has 0 aliphatic heterocycles. The van der Waals surface area contributed by atoms with Gasteiger partial charge in [-0.15, -0.1) is 6.58 Å². The van der Waals surface area contributed by atoms with Gasteiger partial charge in [0.1, 0.15) is 5.41 Å². The van der Waals surface area contributed by atoms with E-state index in [2.05, 4.69) is 6.58 Å². The van der Waals surface area contributed by atoms with Gasteiger partial charge in [0.05, 0.1) is 7.11 Å². The van der Waals surface area contributed by atoms with Crippen LogP contribution < -0.4 is 0 Å². The maximum Gasteiger partial charge on any atom is 0.319 e. The van der Waals surface area contributed by atoms with Crippen molar-refractivity contribution in [2.45, 2.75) is 32.1 Å². The van der Waals surface area contributed by atoms with E-state index >= 15 is 0 Å². The van der Waals surface area contributed by atoms with Gasteiger partial charge in [-0.1, -0.05) is 36.4 Å². The van der Waals surface area contributed by atoms with Crippen molar-refractivity contribution in [1.82, 2.24) is 0 Å². The minimum atomic E-state index is -1.02. The molecule has 3 nitrogen and oxygen atoms in total. The Morgan fingerprint density at radius 1 is 1.36 bits per heavy atom. The van der Waals surface area contributed by atoms with Crippen molar-refractivity contribution in [1.29, 1.82) is 0 Å². The number of esters is 1. The van der Waals surface area contributed by atoms with Gasteiger partial charge in [-0.05, 0) is 49.3 Å². The van der Waals surface area contributed by atoms with Crippen LogP contribution in [0.5, 0.6) is 0 Å². The fraction of sp³-hybridized carbons (Fsp3) is 0.368. The number of carbonyl (C=O) groups is 2. The SMILES string of the molecule is C=CCCCC1(C(=O)OC)CCC(c2ccccc2)=CC1=O. The monoisotopic (exact) mass is 298 g/mol. The molecule has 1 aliphatic carbocycles. The van der Waals surface area contributed by atoms with Crippen molar-refractivity contribution in [2.75, 3.05) is 7.11 Å². The van der Waals surface area contributed by atoms with Gasteiger partial charge in [0.2, 0.25) is 0 Å². The molecule has 0 saturated heterocycles. The summed E-state index contributed by atoms with van der Waals surface area (Å²) in [5.74, 6) is -0.543. The predicted molar refractivity (Wildman–Crippen MR) is 87.2 cm³/mol. The van der Waals surface area contributed by atoms with E-state index < -0.39 is 11.4 Å². The zero-order chi connectivity index (χ0) is 16.0. The summed E-state index contributed by atoms with van der Waals surface area (Å²) in [6, 6.07) is 9.83. The van der Waals surface area contributed by atoms with E-state index in [1.165, 1.54) is 7.11 Å². The highest BCUT2D eigenvalue weighted by atomic mass is 16.5. The normalized spacial score (nSPS) is 21.1. The van der Waals surface area contributed by atoms with Gasteiger partial charge >= 0.3 is 5.97 Å². The molecule has 1 aliphatic rings. The molecule has 0 saturated carbocycles. The second kappa shape index (κ2) is 7.21. The zero-order valence-electron chi connectivity index (χ0n) is 13.0. The van der Waals surface area contributed by atoms with Gasteiger partial charge in [0.15, 0.2) is 5.78 Å². The smallest absolute Gasteiger partial charge is 0.319 e. The number of benzene rings is 1. The summed E-state index contributed by atoms with van der Waals surface area (Å²) >= 11 is 0. The van der Waals surface area contributed by atoms with Crippen molar-refractivity contribution in [3.8, 4) is 0 Å². The first kappa shape index (κ1) is 16.2. The van der Waals surface area contributed by atoms with Crippen LogP contribution in [0, 0.1) is 5.41 Å². The molecule has 0 bridgehead atoms. The quantitative estimate of drug-likeness (QED) is 0.346. The molecule has 0 fully saturated rings. The molecule has 0 aromatic heterocycles. The maximum atomic E-state index is 12.7. The van der Waals surface area contributed by atoms with E-state index in [1.807, 2.05) is 36.4 Å². The van der Waals surface area contributed by atoms with Crippen molar-refractivity contribution in [3.63, 3.8) is 0 Å². The minimum absolute atomic E-state index is 0.131. The second-order valence-electron chi connectivity index (χ2n) is 5.65. The third-order valence-corrected chi connectivity index (χ3v) is 4.33. The van der Waals surface area contributed by atoms with Crippen molar-refractivity contribution < 1.29 is 14.3 Å². The molecule has 22 heavy (non-hydrogen) atoms. The average Bonchev–Trinajstić information content (AvgIpc) is 2.56.